The molecule has 4 nitrogen and oxygen atoms in total. The monoisotopic (exact) mass is 202 g/mol. The van der Waals surface area contributed by atoms with E-state index in [9.17, 15) is 0 Å². The number of hydrogen-bond donors (Lipinski definition) is 1. The lowest BCUT2D eigenvalue weighted by atomic mass is 10.2. The highest BCUT2D eigenvalue weighted by atomic mass is 15.2. The predicted molar refractivity (Wildman–Crippen MR) is 59.8 cm³/mol. The second-order valence-corrected chi connectivity index (χ2v) is 3.34. The quantitative estimate of drug-likeness (QED) is 0.827. The molecule has 1 unspecified atom stereocenters. The molecule has 0 aliphatic carbocycles. The summed E-state index contributed by atoms with van der Waals surface area (Å²) in [5, 5.41) is 3.05. The number of anilines is 1. The summed E-state index contributed by atoms with van der Waals surface area (Å²) < 4.78 is 2.06. The lowest BCUT2D eigenvalue weighted by Gasteiger charge is -2.15. The molecule has 0 saturated carbocycles. The molecule has 0 aromatic carbocycles. The third-order valence-corrected chi connectivity index (χ3v) is 2.43. The van der Waals surface area contributed by atoms with Crippen molar-refractivity contribution in [2.24, 2.45) is 0 Å². The van der Waals surface area contributed by atoms with Gasteiger partial charge in [0.05, 0.1) is 11.7 Å². The zero-order valence-electron chi connectivity index (χ0n) is 8.88. The van der Waals surface area contributed by atoms with Crippen molar-refractivity contribution in [1.82, 2.24) is 14.5 Å². The molecule has 2 heterocycles. The number of aromatic nitrogens is 3. The summed E-state index contributed by atoms with van der Waals surface area (Å²) in [7, 11) is 1.87. The molecule has 0 aliphatic rings. The Morgan fingerprint density at radius 1 is 1.27 bits per heavy atom. The van der Waals surface area contributed by atoms with E-state index < -0.39 is 0 Å². The largest absolute Gasteiger partial charge is 0.359 e. The van der Waals surface area contributed by atoms with Crippen molar-refractivity contribution >= 4 is 5.95 Å². The average molecular weight is 202 g/mol. The van der Waals surface area contributed by atoms with E-state index in [1.54, 1.807) is 6.20 Å². The van der Waals surface area contributed by atoms with Gasteiger partial charge in [-0.2, -0.15) is 0 Å². The van der Waals surface area contributed by atoms with Crippen molar-refractivity contribution in [3.05, 3.63) is 42.5 Å². The Morgan fingerprint density at radius 3 is 2.80 bits per heavy atom. The van der Waals surface area contributed by atoms with Gasteiger partial charge in [-0.15, -0.1) is 0 Å². The van der Waals surface area contributed by atoms with Gasteiger partial charge in [0.15, 0.2) is 0 Å². The van der Waals surface area contributed by atoms with Crippen molar-refractivity contribution in [2.75, 3.05) is 12.4 Å². The summed E-state index contributed by atoms with van der Waals surface area (Å²) in [5.74, 6) is 0.855. The molecule has 2 aromatic rings. The van der Waals surface area contributed by atoms with Crippen LogP contribution in [0.1, 0.15) is 18.7 Å². The highest BCUT2D eigenvalue weighted by molar-refractivity contribution is 5.27. The van der Waals surface area contributed by atoms with Crippen LogP contribution in [0, 0.1) is 0 Å². The first-order chi connectivity index (χ1) is 7.33. The summed E-state index contributed by atoms with van der Waals surface area (Å²) in [5.41, 5.74) is 1.03. The number of hydrogen-bond acceptors (Lipinski definition) is 3. The Kier molecular flexibility index (Phi) is 2.67. The van der Waals surface area contributed by atoms with Crippen LogP contribution in [0.3, 0.4) is 0 Å². The topological polar surface area (TPSA) is 42.7 Å². The Balaban J connectivity index is 2.32. The molecule has 15 heavy (non-hydrogen) atoms. The summed E-state index contributed by atoms with van der Waals surface area (Å²) in [6, 6.07) is 6.12. The first-order valence-corrected chi connectivity index (χ1v) is 4.94. The van der Waals surface area contributed by atoms with Crippen LogP contribution < -0.4 is 5.32 Å². The minimum Gasteiger partial charge on any atom is -0.359 e. The highest BCUT2D eigenvalue weighted by Gasteiger charge is 2.11. The first-order valence-electron chi connectivity index (χ1n) is 4.94. The third kappa shape index (κ3) is 1.83. The Hall–Kier alpha value is -1.84. The molecule has 4 heteroatoms. The van der Waals surface area contributed by atoms with E-state index in [0.717, 1.165) is 11.6 Å². The molecule has 1 atom stereocenters. The third-order valence-electron chi connectivity index (χ3n) is 2.43. The van der Waals surface area contributed by atoms with E-state index in [-0.39, 0.29) is 6.04 Å². The fourth-order valence-corrected chi connectivity index (χ4v) is 1.58. The van der Waals surface area contributed by atoms with Crippen LogP contribution in [0.15, 0.2) is 36.8 Å². The molecular weight excluding hydrogens is 188 g/mol. The van der Waals surface area contributed by atoms with E-state index in [1.165, 1.54) is 0 Å². The number of pyridine rings is 1. The normalized spacial score (nSPS) is 12.4. The van der Waals surface area contributed by atoms with Gasteiger partial charge in [0.2, 0.25) is 5.95 Å². The summed E-state index contributed by atoms with van der Waals surface area (Å²) in [4.78, 5) is 8.54. The molecule has 0 saturated heterocycles. The maximum Gasteiger partial charge on any atom is 0.203 e. The van der Waals surface area contributed by atoms with E-state index in [4.69, 9.17) is 0 Å². The van der Waals surface area contributed by atoms with Crippen LogP contribution >= 0.6 is 0 Å². The minimum absolute atomic E-state index is 0.191. The molecule has 0 spiro atoms. The highest BCUT2D eigenvalue weighted by Crippen LogP contribution is 2.18. The Labute approximate surface area is 89.0 Å². The number of nitrogens with zero attached hydrogens (tertiary/aromatic N) is 3. The van der Waals surface area contributed by atoms with Gasteiger partial charge in [-0.25, -0.2) is 4.98 Å². The van der Waals surface area contributed by atoms with Gasteiger partial charge in [0.25, 0.3) is 0 Å². The van der Waals surface area contributed by atoms with Gasteiger partial charge < -0.3 is 9.88 Å². The van der Waals surface area contributed by atoms with Gasteiger partial charge in [-0.05, 0) is 19.1 Å². The summed E-state index contributed by atoms with van der Waals surface area (Å²) in [6.45, 7) is 2.10. The molecule has 0 fully saturated rings. The zero-order valence-corrected chi connectivity index (χ0v) is 8.88. The van der Waals surface area contributed by atoms with Crippen molar-refractivity contribution in [2.45, 2.75) is 13.0 Å². The van der Waals surface area contributed by atoms with Gasteiger partial charge >= 0.3 is 0 Å². The van der Waals surface area contributed by atoms with Crippen molar-refractivity contribution in [1.29, 1.82) is 0 Å². The van der Waals surface area contributed by atoms with Gasteiger partial charge in [0, 0.05) is 25.6 Å². The van der Waals surface area contributed by atoms with Crippen LogP contribution in [-0.2, 0) is 0 Å². The fraction of sp³-hybridized carbons (Fsp3) is 0.273. The number of rotatable bonds is 3. The first kappa shape index (κ1) is 9.71. The molecule has 2 aromatic heterocycles. The zero-order chi connectivity index (χ0) is 10.7. The number of nitrogens with one attached hydrogen (secondary N) is 1. The van der Waals surface area contributed by atoms with E-state index in [1.807, 2.05) is 37.6 Å². The van der Waals surface area contributed by atoms with Gasteiger partial charge in [0.1, 0.15) is 0 Å². The van der Waals surface area contributed by atoms with Crippen molar-refractivity contribution in [3.8, 4) is 0 Å². The second kappa shape index (κ2) is 4.13. The molecule has 0 radical (unpaired) electrons. The average Bonchev–Trinajstić information content (AvgIpc) is 2.77. The Morgan fingerprint density at radius 2 is 2.13 bits per heavy atom. The fourth-order valence-electron chi connectivity index (χ4n) is 1.58. The maximum atomic E-state index is 4.33. The van der Waals surface area contributed by atoms with Crippen LogP contribution in [0.25, 0.3) is 0 Å². The molecule has 0 bridgehead atoms. The minimum atomic E-state index is 0.191. The molecule has 0 amide bonds. The summed E-state index contributed by atoms with van der Waals surface area (Å²) >= 11 is 0. The van der Waals surface area contributed by atoms with Crippen LogP contribution in [0.4, 0.5) is 5.95 Å². The van der Waals surface area contributed by atoms with E-state index in [0.29, 0.717) is 0 Å². The van der Waals surface area contributed by atoms with Crippen LogP contribution in [-0.4, -0.2) is 21.6 Å². The molecule has 2 rings (SSSR count). The van der Waals surface area contributed by atoms with Gasteiger partial charge in [-0.1, -0.05) is 6.07 Å². The molecule has 1 N–H and O–H groups in total. The lowest BCUT2D eigenvalue weighted by Crippen LogP contribution is -2.10. The van der Waals surface area contributed by atoms with Crippen molar-refractivity contribution in [3.63, 3.8) is 0 Å². The lowest BCUT2D eigenvalue weighted by molar-refractivity contribution is 0.627. The molecular formula is C11H14N4. The SMILES string of the molecule is CNc1nccn1C(C)c1ccccn1. The molecule has 0 aliphatic heterocycles. The van der Waals surface area contributed by atoms with Gasteiger partial charge in [-0.3, -0.25) is 4.98 Å². The van der Waals surface area contributed by atoms with Crippen LogP contribution in [0.5, 0.6) is 0 Å². The number of imidazole rings is 1. The molecule has 78 valence electrons. The van der Waals surface area contributed by atoms with E-state index in [2.05, 4.69) is 26.8 Å². The predicted octanol–water partition coefficient (Wildman–Crippen LogP) is 1.93. The smallest absolute Gasteiger partial charge is 0.203 e. The van der Waals surface area contributed by atoms with Crippen LogP contribution in [0.2, 0.25) is 0 Å². The standard InChI is InChI=1S/C11H14N4/c1-9(10-5-3-4-6-13-10)15-8-7-14-11(15)12-2/h3-9H,1-2H3,(H,12,14). The van der Waals surface area contributed by atoms with Crippen molar-refractivity contribution < 1.29 is 0 Å². The maximum absolute atomic E-state index is 4.33. The van der Waals surface area contributed by atoms with E-state index >= 15 is 0 Å². The summed E-state index contributed by atoms with van der Waals surface area (Å²) in [6.07, 6.45) is 5.54. The Bertz CT molecular complexity index is 421. The second-order valence-electron chi connectivity index (χ2n) is 3.34.